The highest BCUT2D eigenvalue weighted by molar-refractivity contribution is 6.36. The van der Waals surface area contributed by atoms with Crippen molar-refractivity contribution in [1.82, 2.24) is 4.98 Å². The molecule has 0 atom stereocenters. The number of hydrogen-bond acceptors (Lipinski definition) is 4. The van der Waals surface area contributed by atoms with E-state index in [4.69, 9.17) is 25.8 Å². The molecule has 0 aliphatic carbocycles. The van der Waals surface area contributed by atoms with Crippen molar-refractivity contribution in [2.75, 3.05) is 21.3 Å². The average molecular weight is 268 g/mol. The predicted molar refractivity (Wildman–Crippen MR) is 70.6 cm³/mol. The molecule has 5 heteroatoms. The quantitative estimate of drug-likeness (QED) is 0.854. The zero-order valence-corrected chi connectivity index (χ0v) is 11.2. The first-order valence-corrected chi connectivity index (χ1v) is 5.77. The monoisotopic (exact) mass is 267 g/mol. The van der Waals surface area contributed by atoms with E-state index in [1.165, 1.54) is 0 Å². The summed E-state index contributed by atoms with van der Waals surface area (Å²) in [7, 11) is 4.81. The Balaban J connectivity index is 2.70. The lowest BCUT2D eigenvalue weighted by atomic mass is 10.1. The van der Waals surface area contributed by atoms with Gasteiger partial charge in [0.05, 0.1) is 42.4 Å². The van der Waals surface area contributed by atoms with Gasteiger partial charge in [-0.3, -0.25) is 0 Å². The number of ether oxygens (including phenoxy) is 3. The summed E-state index contributed by atoms with van der Waals surface area (Å²) in [6.07, 6.45) is 0. The van der Waals surface area contributed by atoms with Gasteiger partial charge in [0.25, 0.3) is 0 Å². The molecule has 0 saturated heterocycles. The maximum Gasteiger partial charge on any atom is 0.133 e. The van der Waals surface area contributed by atoms with E-state index in [2.05, 4.69) is 4.98 Å². The zero-order valence-electron chi connectivity index (χ0n) is 10.5. The number of halogens is 1. The average Bonchev–Trinajstić information content (AvgIpc) is 2.37. The van der Waals surface area contributed by atoms with Crippen LogP contribution in [0.2, 0.25) is 5.02 Å². The molecule has 0 aliphatic rings. The van der Waals surface area contributed by atoms with Crippen molar-refractivity contribution in [2.45, 2.75) is 6.61 Å². The first-order valence-electron chi connectivity index (χ1n) is 5.39. The molecule has 0 amide bonds. The van der Waals surface area contributed by atoms with Crippen molar-refractivity contribution in [3.05, 3.63) is 28.9 Å². The minimum atomic E-state index is 0.412. The van der Waals surface area contributed by atoms with Crippen LogP contribution in [0.25, 0.3) is 10.9 Å². The van der Waals surface area contributed by atoms with Crippen molar-refractivity contribution in [1.29, 1.82) is 0 Å². The van der Waals surface area contributed by atoms with Crippen LogP contribution in [-0.2, 0) is 11.3 Å². The second-order valence-electron chi connectivity index (χ2n) is 3.75. The van der Waals surface area contributed by atoms with Crippen LogP contribution in [0.3, 0.4) is 0 Å². The van der Waals surface area contributed by atoms with E-state index in [9.17, 15) is 0 Å². The van der Waals surface area contributed by atoms with Crippen molar-refractivity contribution in [2.24, 2.45) is 0 Å². The van der Waals surface area contributed by atoms with Crippen LogP contribution in [-0.4, -0.2) is 26.3 Å². The zero-order chi connectivity index (χ0) is 13.1. The Kier molecular flexibility index (Phi) is 3.89. The summed E-state index contributed by atoms with van der Waals surface area (Å²) in [5.41, 5.74) is 1.50. The number of fused-ring (bicyclic) bond motifs is 1. The first-order chi connectivity index (χ1) is 8.69. The van der Waals surface area contributed by atoms with Gasteiger partial charge < -0.3 is 14.2 Å². The second kappa shape index (κ2) is 5.42. The summed E-state index contributed by atoms with van der Waals surface area (Å²) in [5, 5.41) is 1.37. The summed E-state index contributed by atoms with van der Waals surface area (Å²) in [6, 6.07) is 5.39. The van der Waals surface area contributed by atoms with Gasteiger partial charge in [0.1, 0.15) is 11.5 Å². The van der Waals surface area contributed by atoms with Gasteiger partial charge in [-0.25, -0.2) is 4.98 Å². The largest absolute Gasteiger partial charge is 0.497 e. The third-order valence-corrected chi connectivity index (χ3v) is 2.90. The minimum absolute atomic E-state index is 0.412. The molecular weight excluding hydrogens is 254 g/mol. The van der Waals surface area contributed by atoms with E-state index in [-0.39, 0.29) is 0 Å². The number of pyridine rings is 1. The van der Waals surface area contributed by atoms with Crippen LogP contribution in [0.5, 0.6) is 11.5 Å². The van der Waals surface area contributed by atoms with Crippen LogP contribution in [0.4, 0.5) is 0 Å². The number of hydrogen-bond donors (Lipinski definition) is 0. The Morgan fingerprint density at radius 2 is 1.89 bits per heavy atom. The fourth-order valence-corrected chi connectivity index (χ4v) is 2.13. The fourth-order valence-electron chi connectivity index (χ4n) is 1.81. The van der Waals surface area contributed by atoms with Crippen molar-refractivity contribution in [3.8, 4) is 11.5 Å². The van der Waals surface area contributed by atoms with Crippen LogP contribution in [0.1, 0.15) is 5.69 Å². The van der Waals surface area contributed by atoms with Gasteiger partial charge in [0.15, 0.2) is 0 Å². The number of methoxy groups -OCH3 is 3. The molecule has 0 N–H and O–H groups in total. The van der Waals surface area contributed by atoms with E-state index in [1.807, 2.05) is 6.07 Å². The molecule has 1 aromatic heterocycles. The Labute approximate surface area is 110 Å². The van der Waals surface area contributed by atoms with E-state index >= 15 is 0 Å². The lowest BCUT2D eigenvalue weighted by Crippen LogP contribution is -1.96. The van der Waals surface area contributed by atoms with E-state index in [0.717, 1.165) is 16.6 Å². The SMILES string of the molecule is COCc1cc(Cl)c2c(OC)cc(OC)cc2n1. The standard InChI is InChI=1S/C13H14ClNO3/c1-16-7-8-4-10(14)13-11(15-8)5-9(17-2)6-12(13)18-3/h4-6H,7H2,1-3H3. The Hall–Kier alpha value is -1.52. The lowest BCUT2D eigenvalue weighted by molar-refractivity contribution is 0.182. The number of aromatic nitrogens is 1. The molecule has 1 aromatic carbocycles. The normalized spacial score (nSPS) is 10.7. The minimum Gasteiger partial charge on any atom is -0.497 e. The Morgan fingerprint density at radius 1 is 1.11 bits per heavy atom. The Morgan fingerprint density at radius 3 is 2.50 bits per heavy atom. The summed E-state index contributed by atoms with van der Waals surface area (Å²) in [4.78, 5) is 4.47. The van der Waals surface area contributed by atoms with E-state index in [0.29, 0.717) is 23.1 Å². The molecule has 0 aliphatic heterocycles. The molecule has 96 valence electrons. The van der Waals surface area contributed by atoms with Gasteiger partial charge in [-0.2, -0.15) is 0 Å². The maximum atomic E-state index is 6.26. The molecule has 18 heavy (non-hydrogen) atoms. The van der Waals surface area contributed by atoms with E-state index in [1.54, 1.807) is 33.5 Å². The third-order valence-electron chi connectivity index (χ3n) is 2.60. The molecule has 1 heterocycles. The van der Waals surface area contributed by atoms with Gasteiger partial charge in [0, 0.05) is 19.2 Å². The molecular formula is C13H14ClNO3. The molecule has 0 spiro atoms. The van der Waals surface area contributed by atoms with Gasteiger partial charge in [0.2, 0.25) is 0 Å². The second-order valence-corrected chi connectivity index (χ2v) is 4.16. The van der Waals surface area contributed by atoms with Crippen LogP contribution in [0.15, 0.2) is 18.2 Å². The summed E-state index contributed by atoms with van der Waals surface area (Å²) < 4.78 is 15.6. The highest BCUT2D eigenvalue weighted by Gasteiger charge is 2.11. The van der Waals surface area contributed by atoms with Gasteiger partial charge in [-0.1, -0.05) is 11.6 Å². The van der Waals surface area contributed by atoms with Gasteiger partial charge in [-0.15, -0.1) is 0 Å². The Bertz CT molecular complexity index is 572. The van der Waals surface area contributed by atoms with Crippen LogP contribution in [0, 0.1) is 0 Å². The van der Waals surface area contributed by atoms with Crippen molar-refractivity contribution >= 4 is 22.5 Å². The molecule has 0 saturated carbocycles. The number of benzene rings is 1. The predicted octanol–water partition coefficient (Wildman–Crippen LogP) is 3.05. The van der Waals surface area contributed by atoms with Crippen LogP contribution < -0.4 is 9.47 Å². The maximum absolute atomic E-state index is 6.26. The fraction of sp³-hybridized carbons (Fsp3) is 0.308. The molecule has 2 aromatic rings. The lowest BCUT2D eigenvalue weighted by Gasteiger charge is -2.11. The van der Waals surface area contributed by atoms with Gasteiger partial charge in [-0.05, 0) is 6.07 Å². The summed E-state index contributed by atoms with van der Waals surface area (Å²) in [6.45, 7) is 0.412. The molecule has 0 radical (unpaired) electrons. The topological polar surface area (TPSA) is 40.6 Å². The third kappa shape index (κ3) is 2.35. The first kappa shape index (κ1) is 12.9. The van der Waals surface area contributed by atoms with Gasteiger partial charge >= 0.3 is 0 Å². The number of nitrogens with zero attached hydrogens (tertiary/aromatic N) is 1. The molecule has 0 unspecified atom stereocenters. The molecule has 4 nitrogen and oxygen atoms in total. The highest BCUT2D eigenvalue weighted by Crippen LogP contribution is 2.35. The highest BCUT2D eigenvalue weighted by atomic mass is 35.5. The van der Waals surface area contributed by atoms with Crippen molar-refractivity contribution < 1.29 is 14.2 Å². The van der Waals surface area contributed by atoms with E-state index < -0.39 is 0 Å². The molecule has 0 fully saturated rings. The van der Waals surface area contributed by atoms with Crippen molar-refractivity contribution in [3.63, 3.8) is 0 Å². The summed E-state index contributed by atoms with van der Waals surface area (Å²) in [5.74, 6) is 1.32. The smallest absolute Gasteiger partial charge is 0.133 e. The summed E-state index contributed by atoms with van der Waals surface area (Å²) >= 11 is 6.26. The van der Waals surface area contributed by atoms with Crippen LogP contribution >= 0.6 is 11.6 Å². The molecule has 0 bridgehead atoms. The molecule has 2 rings (SSSR count). The number of rotatable bonds is 4.